The lowest BCUT2D eigenvalue weighted by Gasteiger charge is -2.22. The molecule has 0 unspecified atom stereocenters. The van der Waals surface area contributed by atoms with Gasteiger partial charge in [-0.2, -0.15) is 4.98 Å². The molecule has 0 amide bonds. The molecule has 2 aromatic rings. The van der Waals surface area contributed by atoms with Crippen LogP contribution in [0.3, 0.4) is 0 Å². The maximum Gasteiger partial charge on any atom is 0.295 e. The van der Waals surface area contributed by atoms with E-state index in [2.05, 4.69) is 15.6 Å². The summed E-state index contributed by atoms with van der Waals surface area (Å²) in [6.45, 7) is 1.95. The van der Waals surface area contributed by atoms with Gasteiger partial charge >= 0.3 is 0 Å². The molecule has 1 aliphatic heterocycles. The molecule has 2 heterocycles. The first kappa shape index (κ1) is 15.3. The number of fused-ring (bicyclic) bond motifs is 1. The number of nitrogens with zero attached hydrogens (tertiary/aromatic N) is 2. The fourth-order valence-electron chi connectivity index (χ4n) is 2.48. The van der Waals surface area contributed by atoms with Gasteiger partial charge in [-0.15, -0.1) is 0 Å². The van der Waals surface area contributed by atoms with Crippen molar-refractivity contribution in [1.82, 2.24) is 14.6 Å². The van der Waals surface area contributed by atoms with E-state index < -0.39 is 10.0 Å². The third-order valence-electron chi connectivity index (χ3n) is 3.80. The molecule has 22 heavy (non-hydrogen) atoms. The molecule has 0 radical (unpaired) electrons. The van der Waals surface area contributed by atoms with E-state index in [0.717, 1.165) is 25.9 Å². The van der Waals surface area contributed by atoms with Gasteiger partial charge in [-0.05, 0) is 44.1 Å². The second-order valence-electron chi connectivity index (χ2n) is 5.60. The highest BCUT2D eigenvalue weighted by Gasteiger charge is 2.20. The van der Waals surface area contributed by atoms with Gasteiger partial charge in [-0.1, -0.05) is 0 Å². The van der Waals surface area contributed by atoms with Gasteiger partial charge in [0.05, 0.1) is 4.90 Å². The van der Waals surface area contributed by atoms with Crippen molar-refractivity contribution in [2.24, 2.45) is 0 Å². The van der Waals surface area contributed by atoms with Gasteiger partial charge in [0.2, 0.25) is 10.0 Å². The Bertz CT molecular complexity index is 763. The number of piperidine rings is 1. The van der Waals surface area contributed by atoms with Crippen LogP contribution in [0.2, 0.25) is 0 Å². The highest BCUT2D eigenvalue weighted by molar-refractivity contribution is 7.89. The van der Waals surface area contributed by atoms with Crippen LogP contribution in [0.25, 0.3) is 11.1 Å². The van der Waals surface area contributed by atoms with Crippen molar-refractivity contribution in [2.75, 3.05) is 32.5 Å². The molecule has 0 aliphatic carbocycles. The summed E-state index contributed by atoms with van der Waals surface area (Å²) in [5.74, 6) is 0. The number of sulfonamides is 1. The topological polar surface area (TPSA) is 87.5 Å². The molecule has 1 fully saturated rings. The fraction of sp³-hybridized carbons (Fsp3) is 0.500. The maximum absolute atomic E-state index is 12.1. The first-order chi connectivity index (χ1) is 10.5. The Labute approximate surface area is 129 Å². The van der Waals surface area contributed by atoms with Crippen LogP contribution in [0.5, 0.6) is 0 Å². The van der Waals surface area contributed by atoms with E-state index in [0.29, 0.717) is 23.2 Å². The Morgan fingerprint density at radius 3 is 2.73 bits per heavy atom. The lowest BCUT2D eigenvalue weighted by molar-refractivity contribution is 0.466. The van der Waals surface area contributed by atoms with Gasteiger partial charge in [-0.3, -0.25) is 0 Å². The average molecular weight is 324 g/mol. The zero-order chi connectivity index (χ0) is 15.7. The molecular weight excluding hydrogens is 304 g/mol. The highest BCUT2D eigenvalue weighted by atomic mass is 32.2. The first-order valence-electron chi connectivity index (χ1n) is 7.27. The van der Waals surface area contributed by atoms with Gasteiger partial charge < -0.3 is 15.1 Å². The van der Waals surface area contributed by atoms with Crippen LogP contribution in [0.15, 0.2) is 27.5 Å². The Hall–Kier alpha value is -1.64. The van der Waals surface area contributed by atoms with Crippen molar-refractivity contribution in [1.29, 1.82) is 0 Å². The SMILES string of the molecule is CN(C)S(=O)(=O)c1ccc2oc(NC3CCNCC3)nc2c1. The van der Waals surface area contributed by atoms with Crippen LogP contribution >= 0.6 is 0 Å². The van der Waals surface area contributed by atoms with Crippen molar-refractivity contribution in [3.05, 3.63) is 18.2 Å². The van der Waals surface area contributed by atoms with E-state index in [1.165, 1.54) is 24.5 Å². The summed E-state index contributed by atoms with van der Waals surface area (Å²) in [6, 6.07) is 5.51. The summed E-state index contributed by atoms with van der Waals surface area (Å²) in [5.41, 5.74) is 1.12. The monoisotopic (exact) mass is 324 g/mol. The van der Waals surface area contributed by atoms with Crippen LogP contribution in [0.4, 0.5) is 6.01 Å². The number of hydrogen-bond acceptors (Lipinski definition) is 6. The van der Waals surface area contributed by atoms with Crippen LogP contribution in [-0.4, -0.2) is 50.9 Å². The number of oxazole rings is 1. The predicted molar refractivity (Wildman–Crippen MR) is 84.4 cm³/mol. The number of benzene rings is 1. The van der Waals surface area contributed by atoms with Crippen LogP contribution in [0, 0.1) is 0 Å². The molecule has 0 saturated carbocycles. The van der Waals surface area contributed by atoms with E-state index in [-0.39, 0.29) is 4.90 Å². The Morgan fingerprint density at radius 1 is 1.32 bits per heavy atom. The van der Waals surface area contributed by atoms with Crippen molar-refractivity contribution >= 4 is 27.1 Å². The molecule has 0 atom stereocenters. The molecule has 7 nitrogen and oxygen atoms in total. The molecule has 120 valence electrons. The van der Waals surface area contributed by atoms with Gasteiger partial charge in [0.1, 0.15) is 5.52 Å². The Balaban J connectivity index is 1.87. The Morgan fingerprint density at radius 2 is 2.05 bits per heavy atom. The van der Waals surface area contributed by atoms with Gasteiger partial charge in [0, 0.05) is 20.1 Å². The van der Waals surface area contributed by atoms with E-state index in [1.807, 2.05) is 0 Å². The maximum atomic E-state index is 12.1. The van der Waals surface area contributed by atoms with Crippen molar-refractivity contribution in [3.8, 4) is 0 Å². The molecule has 8 heteroatoms. The normalized spacial score (nSPS) is 17.2. The second kappa shape index (κ2) is 5.86. The summed E-state index contributed by atoms with van der Waals surface area (Å²) in [6.07, 6.45) is 2.03. The standard InChI is InChI=1S/C14H20N4O3S/c1-18(2)22(19,20)11-3-4-13-12(9-11)17-14(21-13)16-10-5-7-15-8-6-10/h3-4,9-10,15H,5-8H2,1-2H3,(H,16,17). The summed E-state index contributed by atoms with van der Waals surface area (Å²) < 4.78 is 31.1. The van der Waals surface area contributed by atoms with E-state index in [1.54, 1.807) is 12.1 Å². The van der Waals surface area contributed by atoms with Gasteiger partial charge in [0.15, 0.2) is 5.58 Å². The number of hydrogen-bond donors (Lipinski definition) is 2. The third-order valence-corrected chi connectivity index (χ3v) is 5.62. The molecule has 0 spiro atoms. The van der Waals surface area contributed by atoms with Gasteiger partial charge in [-0.25, -0.2) is 12.7 Å². The van der Waals surface area contributed by atoms with E-state index in [9.17, 15) is 8.42 Å². The smallest absolute Gasteiger partial charge is 0.295 e. The summed E-state index contributed by atoms with van der Waals surface area (Å²) >= 11 is 0. The molecule has 2 N–H and O–H groups in total. The summed E-state index contributed by atoms with van der Waals surface area (Å²) in [4.78, 5) is 4.57. The highest BCUT2D eigenvalue weighted by Crippen LogP contribution is 2.24. The molecule has 1 aliphatic rings. The fourth-order valence-corrected chi connectivity index (χ4v) is 3.40. The number of nitrogens with one attached hydrogen (secondary N) is 2. The second-order valence-corrected chi connectivity index (χ2v) is 7.76. The molecular formula is C14H20N4O3S. The first-order valence-corrected chi connectivity index (χ1v) is 8.71. The van der Waals surface area contributed by atoms with Crippen molar-refractivity contribution in [3.63, 3.8) is 0 Å². The summed E-state index contributed by atoms with van der Waals surface area (Å²) in [7, 11) is -0.451. The van der Waals surface area contributed by atoms with Crippen molar-refractivity contribution < 1.29 is 12.8 Å². The minimum absolute atomic E-state index is 0.215. The third kappa shape index (κ3) is 2.94. The van der Waals surface area contributed by atoms with E-state index >= 15 is 0 Å². The number of rotatable bonds is 4. The zero-order valence-corrected chi connectivity index (χ0v) is 13.5. The predicted octanol–water partition coefficient (Wildman–Crippen LogP) is 1.24. The quantitative estimate of drug-likeness (QED) is 0.880. The van der Waals surface area contributed by atoms with Crippen LogP contribution in [0.1, 0.15) is 12.8 Å². The van der Waals surface area contributed by atoms with Crippen molar-refractivity contribution in [2.45, 2.75) is 23.8 Å². The molecule has 1 aromatic heterocycles. The molecule has 3 rings (SSSR count). The number of anilines is 1. The minimum Gasteiger partial charge on any atom is -0.424 e. The number of aromatic nitrogens is 1. The molecule has 1 aromatic carbocycles. The zero-order valence-electron chi connectivity index (χ0n) is 12.7. The van der Waals surface area contributed by atoms with Gasteiger partial charge in [0.25, 0.3) is 6.01 Å². The average Bonchev–Trinajstić information content (AvgIpc) is 2.89. The van der Waals surface area contributed by atoms with Crippen LogP contribution in [-0.2, 0) is 10.0 Å². The minimum atomic E-state index is -3.46. The molecule has 0 bridgehead atoms. The van der Waals surface area contributed by atoms with Crippen LogP contribution < -0.4 is 10.6 Å². The lowest BCUT2D eigenvalue weighted by Crippen LogP contribution is -2.35. The lowest BCUT2D eigenvalue weighted by atomic mass is 10.1. The molecule has 1 saturated heterocycles. The largest absolute Gasteiger partial charge is 0.424 e. The Kier molecular flexibility index (Phi) is 4.07. The van der Waals surface area contributed by atoms with E-state index in [4.69, 9.17) is 4.42 Å². The summed E-state index contributed by atoms with van der Waals surface area (Å²) in [5, 5.41) is 6.57.